The second-order valence-corrected chi connectivity index (χ2v) is 7.96. The molecule has 1 aromatic heterocycles. The zero-order valence-corrected chi connectivity index (χ0v) is 17.0. The van der Waals surface area contributed by atoms with Crippen molar-refractivity contribution in [3.63, 3.8) is 0 Å². The number of rotatable bonds is 5. The molecule has 0 spiro atoms. The van der Waals surface area contributed by atoms with Gasteiger partial charge in [0.25, 0.3) is 0 Å². The minimum absolute atomic E-state index is 0.00609. The number of benzene rings is 2. The normalized spacial score (nSPS) is 14.2. The van der Waals surface area contributed by atoms with E-state index >= 15 is 0 Å². The molecular weight excluding hydrogens is 393 g/mol. The monoisotopic (exact) mass is 415 g/mol. The van der Waals surface area contributed by atoms with Crippen LogP contribution in [0.25, 0.3) is 10.9 Å². The molecule has 0 atom stereocenters. The number of aromatic nitrogens is 1. The van der Waals surface area contributed by atoms with Gasteiger partial charge in [0.1, 0.15) is 0 Å². The predicted octanol–water partition coefficient (Wildman–Crippen LogP) is 3.99. The summed E-state index contributed by atoms with van der Waals surface area (Å²) < 4.78 is 2.36. The fourth-order valence-electron chi connectivity index (χ4n) is 4.04. The molecule has 0 amide bonds. The van der Waals surface area contributed by atoms with E-state index in [1.165, 1.54) is 27.7 Å². The fourth-order valence-corrected chi connectivity index (χ4v) is 4.36. The minimum Gasteiger partial charge on any atom is -0.370 e. The quantitative estimate of drug-likeness (QED) is 0.435. The van der Waals surface area contributed by atoms with Gasteiger partial charge in [0.2, 0.25) is 0 Å². The van der Waals surface area contributed by atoms with E-state index in [2.05, 4.69) is 39.0 Å². The van der Waals surface area contributed by atoms with Gasteiger partial charge >= 0.3 is 0 Å². The van der Waals surface area contributed by atoms with E-state index in [1.807, 2.05) is 18.2 Å². The first-order valence-corrected chi connectivity index (χ1v) is 10.1. The number of nitrogens with two attached hydrogens (primary N) is 1. The summed E-state index contributed by atoms with van der Waals surface area (Å²) in [5, 5.41) is 12.8. The lowest BCUT2D eigenvalue weighted by atomic mass is 10.0. The summed E-state index contributed by atoms with van der Waals surface area (Å²) in [6.45, 7) is 4.13. The zero-order valence-electron chi connectivity index (χ0n) is 15.5. The van der Waals surface area contributed by atoms with Crippen LogP contribution in [0, 0.1) is 5.41 Å². The Morgan fingerprint density at radius 2 is 1.96 bits per heavy atom. The number of fused-ring (bicyclic) bond motifs is 3. The summed E-state index contributed by atoms with van der Waals surface area (Å²) in [5.74, 6) is 0.00609. The van der Waals surface area contributed by atoms with Crippen LogP contribution in [-0.2, 0) is 26.1 Å². The lowest BCUT2D eigenvalue weighted by molar-refractivity contribution is 0.238. The van der Waals surface area contributed by atoms with Crippen LogP contribution >= 0.6 is 23.2 Å². The number of nitrogens with zero attached hydrogens (tertiary/aromatic N) is 2. The van der Waals surface area contributed by atoms with Crippen molar-refractivity contribution >= 4 is 40.1 Å². The van der Waals surface area contributed by atoms with Crippen molar-refractivity contribution in [2.75, 3.05) is 13.1 Å². The number of halogens is 2. The van der Waals surface area contributed by atoms with E-state index in [1.54, 1.807) is 0 Å². The molecule has 7 heteroatoms. The van der Waals surface area contributed by atoms with Crippen LogP contribution in [0.3, 0.4) is 0 Å². The van der Waals surface area contributed by atoms with Crippen molar-refractivity contribution < 1.29 is 0 Å². The van der Waals surface area contributed by atoms with Gasteiger partial charge in [-0.1, -0.05) is 47.5 Å². The van der Waals surface area contributed by atoms with Crippen molar-refractivity contribution in [3.8, 4) is 0 Å². The van der Waals surface area contributed by atoms with Crippen LogP contribution in [0.5, 0.6) is 0 Å². The first-order chi connectivity index (χ1) is 13.5. The van der Waals surface area contributed by atoms with E-state index in [-0.39, 0.29) is 5.96 Å². The highest BCUT2D eigenvalue weighted by Crippen LogP contribution is 2.32. The third-order valence-corrected chi connectivity index (χ3v) is 6.03. The predicted molar refractivity (Wildman–Crippen MR) is 116 cm³/mol. The van der Waals surface area contributed by atoms with Gasteiger partial charge in [-0.3, -0.25) is 10.3 Å². The van der Waals surface area contributed by atoms with Gasteiger partial charge in [-0.15, -0.1) is 0 Å². The van der Waals surface area contributed by atoms with E-state index in [0.29, 0.717) is 16.6 Å². The van der Waals surface area contributed by atoms with Gasteiger partial charge in [-0.2, -0.15) is 0 Å². The van der Waals surface area contributed by atoms with Crippen LogP contribution in [0.15, 0.2) is 42.5 Å². The average molecular weight is 416 g/mol. The van der Waals surface area contributed by atoms with Gasteiger partial charge in [0.15, 0.2) is 5.96 Å². The molecular formula is C21H23Cl2N5. The molecule has 4 rings (SSSR count). The maximum atomic E-state index is 7.39. The standard InChI is InChI=1S/C21H23Cl2N5/c22-17-6-5-14(11-18(17)23)12-27-9-7-16-15-3-1-2-4-19(15)28(20(16)13-27)10-8-26-21(24)25/h1-6,11H,7-10,12-13H2,(H4,24,25,26). The molecule has 0 saturated carbocycles. The van der Waals surface area contributed by atoms with E-state index in [4.69, 9.17) is 34.3 Å². The molecule has 5 nitrogen and oxygen atoms in total. The number of nitrogens with one attached hydrogen (secondary N) is 2. The Morgan fingerprint density at radius 3 is 2.75 bits per heavy atom. The Labute approximate surface area is 174 Å². The highest BCUT2D eigenvalue weighted by Gasteiger charge is 2.24. The lowest BCUT2D eigenvalue weighted by Gasteiger charge is -2.28. The van der Waals surface area contributed by atoms with Gasteiger partial charge in [-0.05, 0) is 35.7 Å². The van der Waals surface area contributed by atoms with Crippen molar-refractivity contribution in [2.24, 2.45) is 5.73 Å². The van der Waals surface area contributed by atoms with Gasteiger partial charge in [0.05, 0.1) is 10.0 Å². The first kappa shape index (κ1) is 19.1. The average Bonchev–Trinajstić information content (AvgIpc) is 2.98. The molecule has 1 aliphatic rings. The van der Waals surface area contributed by atoms with Crippen LogP contribution in [-0.4, -0.2) is 28.5 Å². The highest BCUT2D eigenvalue weighted by molar-refractivity contribution is 6.42. The third-order valence-electron chi connectivity index (χ3n) is 5.29. The van der Waals surface area contributed by atoms with Gasteiger partial charge in [-0.25, -0.2) is 0 Å². The Morgan fingerprint density at radius 1 is 1.14 bits per heavy atom. The number of guanidine groups is 1. The van der Waals surface area contributed by atoms with Crippen LogP contribution < -0.4 is 11.1 Å². The highest BCUT2D eigenvalue weighted by atomic mass is 35.5. The largest absolute Gasteiger partial charge is 0.370 e. The molecule has 0 saturated heterocycles. The summed E-state index contributed by atoms with van der Waals surface area (Å²) in [4.78, 5) is 2.44. The number of hydrogen-bond donors (Lipinski definition) is 3. The molecule has 28 heavy (non-hydrogen) atoms. The van der Waals surface area contributed by atoms with Crippen LogP contribution in [0.1, 0.15) is 16.8 Å². The maximum absolute atomic E-state index is 7.39. The fraction of sp³-hybridized carbons (Fsp3) is 0.286. The molecule has 2 aromatic carbocycles. The molecule has 0 unspecified atom stereocenters. The molecule has 146 valence electrons. The van der Waals surface area contributed by atoms with Crippen LogP contribution in [0.4, 0.5) is 0 Å². The van der Waals surface area contributed by atoms with Crippen LogP contribution in [0.2, 0.25) is 10.0 Å². The third kappa shape index (κ3) is 3.83. The molecule has 2 heterocycles. The second-order valence-electron chi connectivity index (χ2n) is 7.14. The lowest BCUT2D eigenvalue weighted by Crippen LogP contribution is -2.34. The molecule has 0 aliphatic carbocycles. The summed E-state index contributed by atoms with van der Waals surface area (Å²) in [6, 6.07) is 14.4. The van der Waals surface area contributed by atoms with Crippen molar-refractivity contribution in [1.29, 1.82) is 5.41 Å². The smallest absolute Gasteiger partial charge is 0.185 e. The Hall–Kier alpha value is -2.21. The summed E-state index contributed by atoms with van der Waals surface area (Å²) >= 11 is 12.2. The van der Waals surface area contributed by atoms with Crippen molar-refractivity contribution in [3.05, 3.63) is 69.3 Å². The zero-order chi connectivity index (χ0) is 19.7. The maximum Gasteiger partial charge on any atom is 0.185 e. The topological polar surface area (TPSA) is 70.1 Å². The summed E-state index contributed by atoms with van der Waals surface area (Å²) in [7, 11) is 0. The second kappa shape index (κ2) is 8.03. The SMILES string of the molecule is N=C(N)NCCn1c2c(c3ccccc31)CCN(Cc1ccc(Cl)c(Cl)c1)C2. The Balaban J connectivity index is 1.60. The molecule has 0 fully saturated rings. The molecule has 4 N–H and O–H groups in total. The number of hydrogen-bond acceptors (Lipinski definition) is 2. The van der Waals surface area contributed by atoms with E-state index in [9.17, 15) is 0 Å². The summed E-state index contributed by atoms with van der Waals surface area (Å²) in [5.41, 5.74) is 10.6. The molecule has 1 aliphatic heterocycles. The Bertz CT molecular complexity index is 1030. The van der Waals surface area contributed by atoms with Crippen molar-refractivity contribution in [1.82, 2.24) is 14.8 Å². The molecule has 0 bridgehead atoms. The number of para-hydroxylation sites is 1. The van der Waals surface area contributed by atoms with E-state index < -0.39 is 0 Å². The van der Waals surface area contributed by atoms with Gasteiger partial charge in [0, 0.05) is 49.3 Å². The molecule has 0 radical (unpaired) electrons. The van der Waals surface area contributed by atoms with Crippen molar-refractivity contribution in [2.45, 2.75) is 26.1 Å². The summed E-state index contributed by atoms with van der Waals surface area (Å²) in [6.07, 6.45) is 1.02. The van der Waals surface area contributed by atoms with Gasteiger partial charge < -0.3 is 15.6 Å². The minimum atomic E-state index is 0.00609. The molecule has 3 aromatic rings. The first-order valence-electron chi connectivity index (χ1n) is 9.36. The Kier molecular flexibility index (Phi) is 5.49. The van der Waals surface area contributed by atoms with E-state index in [0.717, 1.165) is 32.6 Å².